The molecular formula is C18H19NO3. The molecule has 2 rings (SSSR count). The minimum Gasteiger partial charge on any atom is -0.465 e. The second-order valence-corrected chi connectivity index (χ2v) is 4.87. The Balaban J connectivity index is 2.10. The predicted molar refractivity (Wildman–Crippen MR) is 84.6 cm³/mol. The maximum absolute atomic E-state index is 12.5. The first-order chi connectivity index (χ1) is 10.7. The number of methoxy groups -OCH3 is 1. The number of ether oxygens (including phenoxy) is 1. The Bertz CT molecular complexity index is 635. The van der Waals surface area contributed by atoms with Gasteiger partial charge in [-0.1, -0.05) is 30.3 Å². The summed E-state index contributed by atoms with van der Waals surface area (Å²) in [4.78, 5) is 25.6. The van der Waals surface area contributed by atoms with Crippen LogP contribution in [0.3, 0.4) is 0 Å². The molecule has 4 heteroatoms. The third-order valence-corrected chi connectivity index (χ3v) is 3.44. The average Bonchev–Trinajstić information content (AvgIpc) is 2.59. The van der Waals surface area contributed by atoms with Crippen LogP contribution < -0.4 is 0 Å². The third kappa shape index (κ3) is 3.73. The molecule has 1 amide bonds. The monoisotopic (exact) mass is 297 g/mol. The van der Waals surface area contributed by atoms with Crippen LogP contribution in [0.5, 0.6) is 0 Å². The molecule has 0 aliphatic carbocycles. The molecular weight excluding hydrogens is 278 g/mol. The molecule has 0 saturated carbocycles. The summed E-state index contributed by atoms with van der Waals surface area (Å²) in [6, 6.07) is 16.3. The Morgan fingerprint density at radius 1 is 0.955 bits per heavy atom. The maximum atomic E-state index is 12.5. The molecule has 22 heavy (non-hydrogen) atoms. The summed E-state index contributed by atoms with van der Waals surface area (Å²) in [5.74, 6) is -0.362. The minimum atomic E-state index is -0.362. The SMILES string of the molecule is CCN(Cc1ccc(C(=O)OC)cc1)C(=O)c1ccccc1. The van der Waals surface area contributed by atoms with Crippen LogP contribution >= 0.6 is 0 Å². The summed E-state index contributed by atoms with van der Waals surface area (Å²) < 4.78 is 4.67. The highest BCUT2D eigenvalue weighted by molar-refractivity contribution is 5.94. The quantitative estimate of drug-likeness (QED) is 0.797. The van der Waals surface area contributed by atoms with Crippen molar-refractivity contribution in [2.75, 3.05) is 13.7 Å². The number of carbonyl (C=O) groups excluding carboxylic acids is 2. The molecule has 0 aliphatic rings. The highest BCUT2D eigenvalue weighted by atomic mass is 16.5. The number of rotatable bonds is 5. The standard InChI is InChI=1S/C18H19NO3/c1-3-19(17(20)15-7-5-4-6-8-15)13-14-9-11-16(12-10-14)18(21)22-2/h4-12H,3,13H2,1-2H3. The van der Waals surface area contributed by atoms with Crippen LogP contribution in [-0.4, -0.2) is 30.4 Å². The van der Waals surface area contributed by atoms with E-state index >= 15 is 0 Å². The van der Waals surface area contributed by atoms with Gasteiger partial charge in [-0.3, -0.25) is 4.79 Å². The molecule has 0 N–H and O–H groups in total. The van der Waals surface area contributed by atoms with E-state index in [1.165, 1.54) is 7.11 Å². The molecule has 2 aromatic carbocycles. The van der Waals surface area contributed by atoms with Crippen molar-refractivity contribution in [2.24, 2.45) is 0 Å². The summed E-state index contributed by atoms with van der Waals surface area (Å²) in [6.07, 6.45) is 0. The van der Waals surface area contributed by atoms with Crippen LogP contribution in [0.1, 0.15) is 33.2 Å². The van der Waals surface area contributed by atoms with E-state index in [1.54, 1.807) is 17.0 Å². The van der Waals surface area contributed by atoms with Crippen LogP contribution in [0.2, 0.25) is 0 Å². The van der Waals surface area contributed by atoms with Crippen molar-refractivity contribution in [3.8, 4) is 0 Å². The van der Waals surface area contributed by atoms with Crippen LogP contribution in [0.25, 0.3) is 0 Å². The Morgan fingerprint density at radius 3 is 2.14 bits per heavy atom. The highest BCUT2D eigenvalue weighted by Gasteiger charge is 2.14. The van der Waals surface area contributed by atoms with Crippen molar-refractivity contribution in [1.29, 1.82) is 0 Å². The van der Waals surface area contributed by atoms with Gasteiger partial charge < -0.3 is 9.64 Å². The lowest BCUT2D eigenvalue weighted by Gasteiger charge is -2.21. The normalized spacial score (nSPS) is 10.1. The average molecular weight is 297 g/mol. The fourth-order valence-electron chi connectivity index (χ4n) is 2.17. The predicted octanol–water partition coefficient (Wildman–Crippen LogP) is 3.14. The maximum Gasteiger partial charge on any atom is 0.337 e. The van der Waals surface area contributed by atoms with Gasteiger partial charge in [0.1, 0.15) is 0 Å². The van der Waals surface area contributed by atoms with Gasteiger partial charge in [-0.15, -0.1) is 0 Å². The van der Waals surface area contributed by atoms with E-state index in [0.29, 0.717) is 24.2 Å². The lowest BCUT2D eigenvalue weighted by Crippen LogP contribution is -2.30. The molecule has 0 bridgehead atoms. The molecule has 0 unspecified atom stereocenters. The minimum absolute atomic E-state index is 0.000134. The zero-order chi connectivity index (χ0) is 15.9. The summed E-state index contributed by atoms with van der Waals surface area (Å²) in [5, 5.41) is 0. The molecule has 0 aliphatic heterocycles. The number of hydrogen-bond acceptors (Lipinski definition) is 3. The Hall–Kier alpha value is -2.62. The Morgan fingerprint density at radius 2 is 1.59 bits per heavy atom. The van der Waals surface area contributed by atoms with E-state index in [0.717, 1.165) is 5.56 Å². The smallest absolute Gasteiger partial charge is 0.337 e. The van der Waals surface area contributed by atoms with Crippen molar-refractivity contribution >= 4 is 11.9 Å². The Labute approximate surface area is 130 Å². The first-order valence-corrected chi connectivity index (χ1v) is 7.17. The molecule has 0 fully saturated rings. The van der Waals surface area contributed by atoms with Gasteiger partial charge in [-0.2, -0.15) is 0 Å². The fraction of sp³-hybridized carbons (Fsp3) is 0.222. The largest absolute Gasteiger partial charge is 0.465 e. The number of amides is 1. The van der Waals surface area contributed by atoms with Crippen LogP contribution in [0.4, 0.5) is 0 Å². The van der Waals surface area contributed by atoms with Crippen molar-refractivity contribution in [2.45, 2.75) is 13.5 Å². The molecule has 0 aromatic heterocycles. The van der Waals surface area contributed by atoms with E-state index in [2.05, 4.69) is 4.74 Å². The zero-order valence-corrected chi connectivity index (χ0v) is 12.8. The van der Waals surface area contributed by atoms with E-state index in [4.69, 9.17) is 0 Å². The summed E-state index contributed by atoms with van der Waals surface area (Å²) in [7, 11) is 1.35. The van der Waals surface area contributed by atoms with Gasteiger partial charge in [0.2, 0.25) is 0 Å². The van der Waals surface area contributed by atoms with Crippen LogP contribution in [-0.2, 0) is 11.3 Å². The van der Waals surface area contributed by atoms with Crippen LogP contribution in [0.15, 0.2) is 54.6 Å². The van der Waals surface area contributed by atoms with Crippen molar-refractivity contribution in [1.82, 2.24) is 4.90 Å². The van der Waals surface area contributed by atoms with Gasteiger partial charge in [0.15, 0.2) is 0 Å². The van der Waals surface area contributed by atoms with Gasteiger partial charge in [0.25, 0.3) is 5.91 Å². The zero-order valence-electron chi connectivity index (χ0n) is 12.8. The first kappa shape index (κ1) is 15.8. The summed E-state index contributed by atoms with van der Waals surface area (Å²) >= 11 is 0. The molecule has 4 nitrogen and oxygen atoms in total. The topological polar surface area (TPSA) is 46.6 Å². The molecule has 114 valence electrons. The highest BCUT2D eigenvalue weighted by Crippen LogP contribution is 2.11. The van der Waals surface area contributed by atoms with Gasteiger partial charge in [0.05, 0.1) is 12.7 Å². The molecule has 0 radical (unpaired) electrons. The van der Waals surface area contributed by atoms with Gasteiger partial charge in [0, 0.05) is 18.7 Å². The van der Waals surface area contributed by atoms with E-state index in [9.17, 15) is 9.59 Å². The number of benzene rings is 2. The lowest BCUT2D eigenvalue weighted by atomic mass is 10.1. The first-order valence-electron chi connectivity index (χ1n) is 7.17. The van der Waals surface area contributed by atoms with E-state index < -0.39 is 0 Å². The van der Waals surface area contributed by atoms with E-state index in [-0.39, 0.29) is 11.9 Å². The number of nitrogens with zero attached hydrogens (tertiary/aromatic N) is 1. The van der Waals surface area contributed by atoms with Crippen molar-refractivity contribution in [3.05, 3.63) is 71.3 Å². The summed E-state index contributed by atoms with van der Waals surface area (Å²) in [6.45, 7) is 3.07. The molecule has 0 heterocycles. The fourth-order valence-corrected chi connectivity index (χ4v) is 2.17. The van der Waals surface area contributed by atoms with Gasteiger partial charge >= 0.3 is 5.97 Å². The molecule has 0 spiro atoms. The van der Waals surface area contributed by atoms with Crippen molar-refractivity contribution in [3.63, 3.8) is 0 Å². The summed E-state index contributed by atoms with van der Waals surface area (Å²) in [5.41, 5.74) is 2.15. The van der Waals surface area contributed by atoms with Gasteiger partial charge in [-0.25, -0.2) is 4.79 Å². The molecule has 2 aromatic rings. The number of hydrogen-bond donors (Lipinski definition) is 0. The second kappa shape index (κ2) is 7.41. The number of carbonyl (C=O) groups is 2. The lowest BCUT2D eigenvalue weighted by molar-refractivity contribution is 0.0600. The van der Waals surface area contributed by atoms with Gasteiger partial charge in [-0.05, 0) is 36.8 Å². The second-order valence-electron chi connectivity index (χ2n) is 4.87. The molecule has 0 atom stereocenters. The third-order valence-electron chi connectivity index (χ3n) is 3.44. The number of esters is 1. The van der Waals surface area contributed by atoms with E-state index in [1.807, 2.05) is 49.4 Å². The van der Waals surface area contributed by atoms with Crippen LogP contribution in [0, 0.1) is 0 Å². The van der Waals surface area contributed by atoms with Crippen molar-refractivity contribution < 1.29 is 14.3 Å². The Kier molecular flexibility index (Phi) is 5.31. The molecule has 0 saturated heterocycles.